The Morgan fingerprint density at radius 2 is 1.81 bits per heavy atom. The van der Waals surface area contributed by atoms with Gasteiger partial charge in [-0.25, -0.2) is 8.78 Å². The number of rotatable bonds is 1. The van der Waals surface area contributed by atoms with E-state index in [-0.39, 0.29) is 27.8 Å². The lowest BCUT2D eigenvalue weighted by molar-refractivity contribution is -0.137. The zero-order valence-corrected chi connectivity index (χ0v) is 16.6. The van der Waals surface area contributed by atoms with Crippen molar-refractivity contribution < 1.29 is 22.0 Å². The summed E-state index contributed by atoms with van der Waals surface area (Å²) < 4.78 is 73.0. The number of hydrogen-bond acceptors (Lipinski definition) is 3. The minimum Gasteiger partial charge on any atom is -0.371 e. The van der Waals surface area contributed by atoms with E-state index in [4.69, 9.17) is 0 Å². The van der Waals surface area contributed by atoms with Crippen LogP contribution in [0.5, 0.6) is 0 Å². The van der Waals surface area contributed by atoms with Crippen LogP contribution in [-0.2, 0) is 11.7 Å². The van der Waals surface area contributed by atoms with Gasteiger partial charge in [0.15, 0.2) is 11.6 Å². The largest absolute Gasteiger partial charge is 0.416 e. The van der Waals surface area contributed by atoms with Crippen molar-refractivity contribution in [3.8, 4) is 16.8 Å². The molecule has 5 nitrogen and oxygen atoms in total. The van der Waals surface area contributed by atoms with Crippen molar-refractivity contribution in [3.63, 3.8) is 0 Å². The molecule has 4 aromatic rings. The van der Waals surface area contributed by atoms with Crippen LogP contribution in [0.4, 0.5) is 27.6 Å². The van der Waals surface area contributed by atoms with Crippen molar-refractivity contribution >= 4 is 16.6 Å². The van der Waals surface area contributed by atoms with Crippen LogP contribution < -0.4 is 5.32 Å². The number of fused-ring (bicyclic) bond motifs is 4. The third kappa shape index (κ3) is 2.74. The number of anilines is 1. The third-order valence-electron chi connectivity index (χ3n) is 5.51. The molecule has 0 bridgehead atoms. The first-order chi connectivity index (χ1) is 14.5. The molecule has 3 heterocycles. The number of halogens is 5. The monoisotopic (exact) mass is 433 g/mol. The van der Waals surface area contributed by atoms with Crippen LogP contribution in [0, 0.1) is 18.6 Å². The summed E-state index contributed by atoms with van der Waals surface area (Å²) in [6, 6.07) is 4.26. The first-order valence-electron chi connectivity index (χ1n) is 9.41. The van der Waals surface area contributed by atoms with E-state index < -0.39 is 34.5 Å². The summed E-state index contributed by atoms with van der Waals surface area (Å²) in [6.07, 6.45) is -3.26. The highest BCUT2D eigenvalue weighted by atomic mass is 19.4. The fourth-order valence-corrected chi connectivity index (χ4v) is 4.13. The Labute approximate surface area is 172 Å². The van der Waals surface area contributed by atoms with Gasteiger partial charge in [0.25, 0.3) is 0 Å². The van der Waals surface area contributed by atoms with Crippen LogP contribution in [0.15, 0.2) is 30.5 Å². The SMILES string of the molecule is Cc1nnc2n1-c1c(cc(F)c(-c3cc(C(F)(F)F)cc4[nH]ccc34)c1F)NC2(C)C. The second-order valence-corrected chi connectivity index (χ2v) is 8.06. The zero-order valence-electron chi connectivity index (χ0n) is 16.6. The fraction of sp³-hybridized carbons (Fsp3) is 0.238. The highest BCUT2D eigenvalue weighted by molar-refractivity contribution is 5.97. The summed E-state index contributed by atoms with van der Waals surface area (Å²) in [5.41, 5.74) is -2.25. The van der Waals surface area contributed by atoms with E-state index in [1.807, 2.05) is 0 Å². The Balaban J connectivity index is 1.86. The van der Waals surface area contributed by atoms with Crippen LogP contribution in [-0.4, -0.2) is 19.7 Å². The normalized spacial score (nSPS) is 15.0. The van der Waals surface area contributed by atoms with Crippen LogP contribution >= 0.6 is 0 Å². The fourth-order valence-electron chi connectivity index (χ4n) is 4.13. The maximum absolute atomic E-state index is 15.9. The highest BCUT2D eigenvalue weighted by Crippen LogP contribution is 2.44. The first kappa shape index (κ1) is 19.5. The maximum atomic E-state index is 15.9. The molecule has 0 saturated heterocycles. The Morgan fingerprint density at radius 1 is 1.06 bits per heavy atom. The minimum absolute atomic E-state index is 0.0330. The van der Waals surface area contributed by atoms with Gasteiger partial charge in [-0.05, 0) is 44.5 Å². The molecular weight excluding hydrogens is 417 g/mol. The molecule has 31 heavy (non-hydrogen) atoms. The van der Waals surface area contributed by atoms with Gasteiger partial charge in [-0.15, -0.1) is 10.2 Å². The van der Waals surface area contributed by atoms with Gasteiger partial charge in [0.05, 0.1) is 22.4 Å². The van der Waals surface area contributed by atoms with Gasteiger partial charge in [-0.3, -0.25) is 4.57 Å². The molecule has 10 heteroatoms. The summed E-state index contributed by atoms with van der Waals surface area (Å²) in [6.45, 7) is 5.20. The van der Waals surface area contributed by atoms with Gasteiger partial charge < -0.3 is 10.3 Å². The summed E-state index contributed by atoms with van der Waals surface area (Å²) >= 11 is 0. The summed E-state index contributed by atoms with van der Waals surface area (Å²) in [4.78, 5) is 2.69. The quantitative estimate of drug-likeness (QED) is 0.380. The Hall–Kier alpha value is -3.43. The van der Waals surface area contributed by atoms with Gasteiger partial charge >= 0.3 is 6.18 Å². The van der Waals surface area contributed by atoms with Gasteiger partial charge in [0.2, 0.25) is 0 Å². The summed E-state index contributed by atoms with van der Waals surface area (Å²) in [5, 5.41) is 11.4. The van der Waals surface area contributed by atoms with E-state index in [1.165, 1.54) is 16.8 Å². The molecule has 0 spiro atoms. The molecule has 0 radical (unpaired) electrons. The van der Waals surface area contributed by atoms with Crippen LogP contribution in [0.3, 0.4) is 0 Å². The number of nitrogens with one attached hydrogen (secondary N) is 2. The van der Waals surface area contributed by atoms with E-state index >= 15 is 8.78 Å². The Bertz CT molecular complexity index is 1360. The molecule has 0 saturated carbocycles. The number of hydrogen-bond donors (Lipinski definition) is 2. The summed E-state index contributed by atoms with van der Waals surface area (Å²) in [7, 11) is 0. The number of nitrogens with zero attached hydrogens (tertiary/aromatic N) is 3. The van der Waals surface area contributed by atoms with E-state index in [9.17, 15) is 13.2 Å². The standard InChI is InChI=1S/C21H16F5N5/c1-9-29-30-19-20(2,3)28-15-8-13(22)16(17(23)18(15)31(9)19)12-6-10(21(24,25)26)7-14-11(12)4-5-27-14/h4-8,27-28H,1-3H3. The molecule has 2 aromatic carbocycles. The number of aromatic amines is 1. The molecule has 1 aliphatic heterocycles. The lowest BCUT2D eigenvalue weighted by Crippen LogP contribution is -2.36. The van der Waals surface area contributed by atoms with Gasteiger partial charge in [0.1, 0.15) is 17.3 Å². The predicted molar refractivity (Wildman–Crippen MR) is 105 cm³/mol. The molecular formula is C21H16F5N5. The van der Waals surface area contributed by atoms with E-state index in [0.29, 0.717) is 11.6 Å². The smallest absolute Gasteiger partial charge is 0.371 e. The van der Waals surface area contributed by atoms with E-state index in [2.05, 4.69) is 20.5 Å². The predicted octanol–water partition coefficient (Wildman–Crippen LogP) is 5.68. The van der Waals surface area contributed by atoms with Gasteiger partial charge in [-0.1, -0.05) is 0 Å². The molecule has 2 aromatic heterocycles. The van der Waals surface area contributed by atoms with Crippen molar-refractivity contribution in [2.45, 2.75) is 32.5 Å². The number of alkyl halides is 3. The molecule has 0 amide bonds. The van der Waals surface area contributed by atoms with Crippen LogP contribution in [0.1, 0.15) is 31.1 Å². The molecule has 0 atom stereocenters. The Morgan fingerprint density at radius 3 is 2.52 bits per heavy atom. The Kier molecular flexibility index (Phi) is 3.81. The lowest BCUT2D eigenvalue weighted by Gasteiger charge is -2.34. The van der Waals surface area contributed by atoms with Crippen molar-refractivity contribution in [2.75, 3.05) is 5.32 Å². The molecule has 0 aliphatic carbocycles. The van der Waals surface area contributed by atoms with Crippen molar-refractivity contribution in [1.29, 1.82) is 0 Å². The second kappa shape index (κ2) is 6.05. The molecule has 5 rings (SSSR count). The van der Waals surface area contributed by atoms with Crippen molar-refractivity contribution in [1.82, 2.24) is 19.7 Å². The zero-order chi connectivity index (χ0) is 22.3. The van der Waals surface area contributed by atoms with Crippen LogP contribution in [0.2, 0.25) is 0 Å². The van der Waals surface area contributed by atoms with Crippen molar-refractivity contribution in [2.24, 2.45) is 0 Å². The number of benzene rings is 2. The third-order valence-corrected chi connectivity index (χ3v) is 5.51. The lowest BCUT2D eigenvalue weighted by atomic mass is 9.94. The second-order valence-electron chi connectivity index (χ2n) is 8.06. The summed E-state index contributed by atoms with van der Waals surface area (Å²) in [5.74, 6) is -1.19. The molecule has 0 unspecified atom stereocenters. The average molecular weight is 433 g/mol. The first-order valence-corrected chi connectivity index (χ1v) is 9.41. The maximum Gasteiger partial charge on any atom is 0.416 e. The van der Waals surface area contributed by atoms with Crippen LogP contribution in [0.25, 0.3) is 27.7 Å². The van der Waals surface area contributed by atoms with Gasteiger partial charge in [-0.2, -0.15) is 13.2 Å². The topological polar surface area (TPSA) is 58.5 Å². The van der Waals surface area contributed by atoms with E-state index in [0.717, 1.165) is 18.2 Å². The van der Waals surface area contributed by atoms with Gasteiger partial charge in [0, 0.05) is 23.2 Å². The van der Waals surface area contributed by atoms with Crippen molar-refractivity contribution in [3.05, 3.63) is 59.3 Å². The highest BCUT2D eigenvalue weighted by Gasteiger charge is 2.38. The average Bonchev–Trinajstić information content (AvgIpc) is 3.27. The molecule has 0 fully saturated rings. The molecule has 160 valence electrons. The number of aromatic nitrogens is 4. The van der Waals surface area contributed by atoms with E-state index in [1.54, 1.807) is 20.8 Å². The number of H-pyrrole nitrogens is 1. The number of aryl methyl sites for hydroxylation is 1. The molecule has 1 aliphatic rings. The minimum atomic E-state index is -4.68. The molecule has 2 N–H and O–H groups in total.